The van der Waals surface area contributed by atoms with Crippen LogP contribution in [-0.2, 0) is 0 Å². The Morgan fingerprint density at radius 1 is 1.30 bits per heavy atom. The molecular weight excluding hydrogens is 290 g/mol. The van der Waals surface area contributed by atoms with Crippen molar-refractivity contribution in [3.05, 3.63) is 65.6 Å². The zero-order chi connectivity index (χ0) is 16.4. The zero-order valence-electron chi connectivity index (χ0n) is 12.4. The number of nitrogens with zero attached hydrogens (tertiary/aromatic N) is 4. The van der Waals surface area contributed by atoms with Gasteiger partial charge in [-0.25, -0.2) is 9.67 Å². The zero-order valence-corrected chi connectivity index (χ0v) is 12.4. The van der Waals surface area contributed by atoms with Crippen molar-refractivity contribution in [2.45, 2.75) is 6.92 Å². The second-order valence-electron chi connectivity index (χ2n) is 5.08. The number of aryl methyl sites for hydroxylation is 1. The monoisotopic (exact) mass is 303 g/mol. The maximum Gasteiger partial charge on any atom is 0.251 e. The number of carbonyl (C=O) groups excluding carboxylic acids is 1. The average molecular weight is 303 g/mol. The second kappa shape index (κ2) is 5.73. The molecule has 0 aliphatic rings. The molecule has 1 aromatic carbocycles. The van der Waals surface area contributed by atoms with Crippen LogP contribution >= 0.6 is 0 Å². The van der Waals surface area contributed by atoms with Gasteiger partial charge in [0, 0.05) is 11.8 Å². The number of primary amides is 1. The van der Waals surface area contributed by atoms with Gasteiger partial charge in [-0.1, -0.05) is 29.8 Å². The molecule has 0 fully saturated rings. The first-order valence-electron chi connectivity index (χ1n) is 6.91. The molecule has 23 heavy (non-hydrogen) atoms. The van der Waals surface area contributed by atoms with E-state index in [9.17, 15) is 10.1 Å². The van der Waals surface area contributed by atoms with E-state index in [4.69, 9.17) is 5.73 Å². The number of nitrogens with two attached hydrogens (primary N) is 1. The number of aromatic nitrogens is 3. The van der Waals surface area contributed by atoms with Crippen molar-refractivity contribution in [1.82, 2.24) is 14.8 Å². The predicted molar refractivity (Wildman–Crippen MR) is 84.8 cm³/mol. The van der Waals surface area contributed by atoms with E-state index < -0.39 is 5.91 Å². The summed E-state index contributed by atoms with van der Waals surface area (Å²) in [5.74, 6) is -0.112. The topological polar surface area (TPSA) is 97.6 Å². The lowest BCUT2D eigenvalue weighted by atomic mass is 10.0. The molecular formula is C17H13N5O. The quantitative estimate of drug-likeness (QED) is 0.802. The van der Waals surface area contributed by atoms with Crippen LogP contribution in [0.2, 0.25) is 0 Å². The van der Waals surface area contributed by atoms with Crippen LogP contribution in [0, 0.1) is 18.3 Å². The maximum atomic E-state index is 11.1. The van der Waals surface area contributed by atoms with Crippen LogP contribution in [0.3, 0.4) is 0 Å². The average Bonchev–Trinajstić information content (AvgIpc) is 3.04. The van der Waals surface area contributed by atoms with Crippen LogP contribution in [0.15, 0.2) is 48.8 Å². The van der Waals surface area contributed by atoms with Gasteiger partial charge in [-0.05, 0) is 24.6 Å². The summed E-state index contributed by atoms with van der Waals surface area (Å²) in [5, 5.41) is 13.4. The number of hydrogen-bond acceptors (Lipinski definition) is 4. The normalized spacial score (nSPS) is 10.3. The number of amides is 1. The molecule has 0 radical (unpaired) electrons. The van der Waals surface area contributed by atoms with E-state index in [1.807, 2.05) is 37.3 Å². The second-order valence-corrected chi connectivity index (χ2v) is 5.08. The minimum atomic E-state index is -0.562. The van der Waals surface area contributed by atoms with Crippen molar-refractivity contribution >= 4 is 5.91 Å². The Morgan fingerprint density at radius 3 is 2.78 bits per heavy atom. The molecule has 0 saturated heterocycles. The number of benzene rings is 1. The minimum absolute atomic E-state index is 0.285. The lowest BCUT2D eigenvalue weighted by molar-refractivity contribution is 0.100. The van der Waals surface area contributed by atoms with Gasteiger partial charge in [-0.15, -0.1) is 0 Å². The molecule has 0 bridgehead atoms. The third kappa shape index (κ3) is 2.80. The summed E-state index contributed by atoms with van der Waals surface area (Å²) in [7, 11) is 0. The fraction of sp³-hybridized carbons (Fsp3) is 0.0588. The number of carbonyl (C=O) groups is 1. The molecule has 0 unspecified atom stereocenters. The highest BCUT2D eigenvalue weighted by molar-refractivity contribution is 5.92. The smallest absolute Gasteiger partial charge is 0.251 e. The van der Waals surface area contributed by atoms with Crippen LogP contribution in [0.25, 0.3) is 16.9 Å². The molecule has 0 atom stereocenters. The first-order valence-corrected chi connectivity index (χ1v) is 6.91. The number of hydrogen-bond donors (Lipinski definition) is 1. The van der Waals surface area contributed by atoms with Crippen LogP contribution in [0.4, 0.5) is 0 Å². The van der Waals surface area contributed by atoms with Gasteiger partial charge in [0.1, 0.15) is 6.07 Å². The molecule has 0 aliphatic carbocycles. The molecule has 0 spiro atoms. The number of pyridine rings is 1. The molecule has 112 valence electrons. The highest BCUT2D eigenvalue weighted by Crippen LogP contribution is 2.24. The lowest BCUT2D eigenvalue weighted by Gasteiger charge is -2.07. The van der Waals surface area contributed by atoms with Gasteiger partial charge in [-0.3, -0.25) is 4.79 Å². The van der Waals surface area contributed by atoms with E-state index in [1.165, 1.54) is 17.1 Å². The van der Waals surface area contributed by atoms with Gasteiger partial charge in [0.25, 0.3) is 5.91 Å². The molecule has 2 heterocycles. The third-order valence-electron chi connectivity index (χ3n) is 3.42. The Bertz CT molecular complexity index is 936. The van der Waals surface area contributed by atoms with Gasteiger partial charge in [0.05, 0.1) is 11.8 Å². The Hall–Kier alpha value is -3.46. The fourth-order valence-corrected chi connectivity index (χ4v) is 2.28. The molecule has 0 saturated carbocycles. The molecule has 2 aromatic heterocycles. The van der Waals surface area contributed by atoms with E-state index in [0.717, 1.165) is 16.7 Å². The fourth-order valence-electron chi connectivity index (χ4n) is 2.28. The number of nitriles is 1. The standard InChI is InChI=1S/C17H13N5O/c1-11-3-2-4-12(7-11)14-5-6-16(21-15(14)8-18)22-10-13(9-20-22)17(19)23/h2-7,9-10H,1H3,(H2,19,23). The summed E-state index contributed by atoms with van der Waals surface area (Å²) in [4.78, 5) is 15.5. The van der Waals surface area contributed by atoms with Crippen molar-refractivity contribution in [3.63, 3.8) is 0 Å². The predicted octanol–water partition coefficient (Wildman–Crippen LogP) is 2.21. The van der Waals surface area contributed by atoms with Crippen molar-refractivity contribution in [3.8, 4) is 23.0 Å². The van der Waals surface area contributed by atoms with Gasteiger partial charge in [0.2, 0.25) is 0 Å². The largest absolute Gasteiger partial charge is 0.366 e. The number of rotatable bonds is 3. The maximum absolute atomic E-state index is 11.1. The summed E-state index contributed by atoms with van der Waals surface area (Å²) >= 11 is 0. The Balaban J connectivity index is 2.06. The van der Waals surface area contributed by atoms with Crippen molar-refractivity contribution in [2.75, 3.05) is 0 Å². The van der Waals surface area contributed by atoms with Gasteiger partial charge in [-0.2, -0.15) is 10.4 Å². The van der Waals surface area contributed by atoms with Crippen LogP contribution in [-0.4, -0.2) is 20.7 Å². The van der Waals surface area contributed by atoms with E-state index in [2.05, 4.69) is 16.2 Å². The van der Waals surface area contributed by atoms with Crippen LogP contribution in [0.5, 0.6) is 0 Å². The summed E-state index contributed by atoms with van der Waals surface area (Å²) < 4.78 is 1.42. The van der Waals surface area contributed by atoms with E-state index >= 15 is 0 Å². The van der Waals surface area contributed by atoms with Crippen LogP contribution in [0.1, 0.15) is 21.6 Å². The molecule has 0 aliphatic heterocycles. The summed E-state index contributed by atoms with van der Waals surface area (Å²) in [6.45, 7) is 1.99. The molecule has 6 nitrogen and oxygen atoms in total. The summed E-state index contributed by atoms with van der Waals surface area (Å²) in [5.41, 5.74) is 8.58. The SMILES string of the molecule is Cc1cccc(-c2ccc(-n3cc(C(N)=O)cn3)nc2C#N)c1. The highest BCUT2D eigenvalue weighted by atomic mass is 16.1. The van der Waals surface area contributed by atoms with E-state index in [1.54, 1.807) is 6.07 Å². The lowest BCUT2D eigenvalue weighted by Crippen LogP contribution is -2.09. The molecule has 3 rings (SSSR count). The Morgan fingerprint density at radius 2 is 2.13 bits per heavy atom. The molecule has 3 aromatic rings. The van der Waals surface area contributed by atoms with Gasteiger partial charge >= 0.3 is 0 Å². The van der Waals surface area contributed by atoms with Crippen molar-refractivity contribution in [2.24, 2.45) is 5.73 Å². The molecule has 2 N–H and O–H groups in total. The van der Waals surface area contributed by atoms with E-state index in [-0.39, 0.29) is 5.56 Å². The minimum Gasteiger partial charge on any atom is -0.366 e. The van der Waals surface area contributed by atoms with Crippen molar-refractivity contribution < 1.29 is 4.79 Å². The first kappa shape index (κ1) is 14.5. The van der Waals surface area contributed by atoms with Crippen LogP contribution < -0.4 is 5.73 Å². The molecule has 6 heteroatoms. The highest BCUT2D eigenvalue weighted by Gasteiger charge is 2.11. The van der Waals surface area contributed by atoms with E-state index in [0.29, 0.717) is 11.5 Å². The van der Waals surface area contributed by atoms with Crippen molar-refractivity contribution in [1.29, 1.82) is 5.26 Å². The summed E-state index contributed by atoms with van der Waals surface area (Å²) in [6.07, 6.45) is 2.85. The third-order valence-corrected chi connectivity index (χ3v) is 3.42. The Labute approximate surface area is 132 Å². The summed E-state index contributed by atoms with van der Waals surface area (Å²) in [6, 6.07) is 13.5. The first-order chi connectivity index (χ1) is 11.1. The molecule has 1 amide bonds. The van der Waals surface area contributed by atoms with Gasteiger partial charge < -0.3 is 5.73 Å². The van der Waals surface area contributed by atoms with Gasteiger partial charge in [0.15, 0.2) is 11.5 Å². The Kier molecular flexibility index (Phi) is 3.61.